The van der Waals surface area contributed by atoms with Crippen LogP contribution in [0.2, 0.25) is 5.02 Å². The molecule has 2 aliphatic rings. The predicted octanol–water partition coefficient (Wildman–Crippen LogP) is 4.31. The molecule has 2 aromatic carbocycles. The predicted molar refractivity (Wildman–Crippen MR) is 113 cm³/mol. The largest absolute Gasteiger partial charge is 0.490 e. The van der Waals surface area contributed by atoms with Crippen LogP contribution in [0.1, 0.15) is 36.0 Å². The van der Waals surface area contributed by atoms with Crippen molar-refractivity contribution in [3.05, 3.63) is 59.1 Å². The number of piperidine rings is 1. The average molecular weight is 414 g/mol. The molecule has 29 heavy (non-hydrogen) atoms. The van der Waals surface area contributed by atoms with E-state index in [-0.39, 0.29) is 18.0 Å². The SMILES string of the molecule is O=C(Nc1ccc(C(=O)N2CCC(Oc3ccc(Cl)cc3)CC2)cc1)NC1CC1. The van der Waals surface area contributed by atoms with Crippen molar-refractivity contribution in [3.8, 4) is 5.75 Å². The van der Waals surface area contributed by atoms with Crippen molar-refractivity contribution in [3.63, 3.8) is 0 Å². The average Bonchev–Trinajstić information content (AvgIpc) is 3.54. The Morgan fingerprint density at radius 1 is 0.931 bits per heavy atom. The van der Waals surface area contributed by atoms with Crippen molar-refractivity contribution < 1.29 is 14.3 Å². The summed E-state index contributed by atoms with van der Waals surface area (Å²) >= 11 is 5.90. The number of likely N-dealkylation sites (tertiary alicyclic amines) is 1. The lowest BCUT2D eigenvalue weighted by atomic mass is 10.1. The standard InChI is InChI=1S/C22H24ClN3O3/c23-16-3-9-19(10-4-16)29-20-11-13-26(14-12-20)21(27)15-1-5-17(6-2-15)24-22(28)25-18-7-8-18/h1-6,9-10,18,20H,7-8,11-14H2,(H2,24,25,28). The Bertz CT molecular complexity index is 858. The van der Waals surface area contributed by atoms with Gasteiger partial charge in [0.1, 0.15) is 11.9 Å². The third-order valence-electron chi connectivity index (χ3n) is 5.15. The molecule has 0 atom stereocenters. The van der Waals surface area contributed by atoms with Gasteiger partial charge in [0.15, 0.2) is 0 Å². The lowest BCUT2D eigenvalue weighted by Crippen LogP contribution is -2.41. The van der Waals surface area contributed by atoms with Crippen LogP contribution in [0.15, 0.2) is 48.5 Å². The quantitative estimate of drug-likeness (QED) is 0.767. The number of amides is 3. The van der Waals surface area contributed by atoms with Crippen LogP contribution in [0.3, 0.4) is 0 Å². The summed E-state index contributed by atoms with van der Waals surface area (Å²) in [6, 6.07) is 14.5. The van der Waals surface area contributed by atoms with Gasteiger partial charge in [0.05, 0.1) is 0 Å². The maximum Gasteiger partial charge on any atom is 0.319 e. The number of halogens is 1. The Morgan fingerprint density at radius 2 is 1.59 bits per heavy atom. The first-order chi connectivity index (χ1) is 14.1. The number of hydrogen-bond donors (Lipinski definition) is 2. The molecule has 7 heteroatoms. The first kappa shape index (κ1) is 19.6. The van der Waals surface area contributed by atoms with Gasteiger partial charge in [-0.2, -0.15) is 0 Å². The van der Waals surface area contributed by atoms with E-state index in [1.807, 2.05) is 29.2 Å². The highest BCUT2D eigenvalue weighted by Gasteiger charge is 2.25. The van der Waals surface area contributed by atoms with Crippen molar-refractivity contribution in [1.82, 2.24) is 10.2 Å². The zero-order valence-corrected chi connectivity index (χ0v) is 16.8. The number of carbonyl (C=O) groups excluding carboxylic acids is 2. The van der Waals surface area contributed by atoms with E-state index < -0.39 is 0 Å². The van der Waals surface area contributed by atoms with Crippen LogP contribution in [-0.2, 0) is 0 Å². The third-order valence-corrected chi connectivity index (χ3v) is 5.40. The Labute approximate surface area is 175 Å². The van der Waals surface area contributed by atoms with E-state index in [0.717, 1.165) is 31.4 Å². The molecule has 2 aromatic rings. The van der Waals surface area contributed by atoms with Gasteiger partial charge < -0.3 is 20.3 Å². The summed E-state index contributed by atoms with van der Waals surface area (Å²) in [6.45, 7) is 1.31. The second kappa shape index (κ2) is 8.74. The number of rotatable bonds is 5. The van der Waals surface area contributed by atoms with Crippen molar-refractivity contribution >= 4 is 29.2 Å². The summed E-state index contributed by atoms with van der Waals surface area (Å²) in [5, 5.41) is 6.35. The molecule has 2 N–H and O–H groups in total. The van der Waals surface area contributed by atoms with Gasteiger partial charge in [0, 0.05) is 48.2 Å². The van der Waals surface area contributed by atoms with Crippen LogP contribution in [0.25, 0.3) is 0 Å². The lowest BCUT2D eigenvalue weighted by molar-refractivity contribution is 0.0595. The number of carbonyl (C=O) groups is 2. The first-order valence-electron chi connectivity index (χ1n) is 9.96. The fourth-order valence-corrected chi connectivity index (χ4v) is 3.47. The van der Waals surface area contributed by atoms with Crippen LogP contribution >= 0.6 is 11.6 Å². The molecule has 6 nitrogen and oxygen atoms in total. The molecular formula is C22H24ClN3O3. The summed E-state index contributed by atoms with van der Waals surface area (Å²) in [5.41, 5.74) is 1.30. The Hall–Kier alpha value is -2.73. The van der Waals surface area contributed by atoms with E-state index in [2.05, 4.69) is 10.6 Å². The molecule has 0 spiro atoms. The van der Waals surface area contributed by atoms with Gasteiger partial charge in [-0.3, -0.25) is 4.79 Å². The summed E-state index contributed by atoms with van der Waals surface area (Å²) in [5.74, 6) is 0.803. The topological polar surface area (TPSA) is 70.7 Å². The van der Waals surface area contributed by atoms with Crippen molar-refractivity contribution in [2.24, 2.45) is 0 Å². The molecule has 1 heterocycles. The monoisotopic (exact) mass is 413 g/mol. The maximum absolute atomic E-state index is 12.8. The third kappa shape index (κ3) is 5.41. The maximum atomic E-state index is 12.8. The van der Waals surface area contributed by atoms with Crippen LogP contribution in [-0.4, -0.2) is 42.1 Å². The number of ether oxygens (including phenoxy) is 1. The molecule has 0 bridgehead atoms. The number of benzene rings is 2. The smallest absolute Gasteiger partial charge is 0.319 e. The van der Waals surface area contributed by atoms with Gasteiger partial charge in [0.2, 0.25) is 0 Å². The highest BCUT2D eigenvalue weighted by molar-refractivity contribution is 6.30. The molecule has 2 fully saturated rings. The minimum atomic E-state index is -0.200. The van der Waals surface area contributed by atoms with E-state index in [4.69, 9.17) is 16.3 Å². The van der Waals surface area contributed by atoms with E-state index in [1.165, 1.54) is 0 Å². The van der Waals surface area contributed by atoms with Crippen LogP contribution < -0.4 is 15.4 Å². The van der Waals surface area contributed by atoms with Gasteiger partial charge in [-0.1, -0.05) is 11.6 Å². The van der Waals surface area contributed by atoms with E-state index >= 15 is 0 Å². The molecule has 1 saturated carbocycles. The number of nitrogens with one attached hydrogen (secondary N) is 2. The van der Waals surface area contributed by atoms with Crippen LogP contribution in [0.5, 0.6) is 5.75 Å². The normalized spacial score (nSPS) is 16.9. The molecule has 0 unspecified atom stereocenters. The number of anilines is 1. The lowest BCUT2D eigenvalue weighted by Gasteiger charge is -2.32. The van der Waals surface area contributed by atoms with Gasteiger partial charge >= 0.3 is 6.03 Å². The number of hydrogen-bond acceptors (Lipinski definition) is 3. The number of nitrogens with zero attached hydrogens (tertiary/aromatic N) is 1. The molecule has 0 aromatic heterocycles. The van der Waals surface area contributed by atoms with Gasteiger partial charge in [-0.25, -0.2) is 4.79 Å². The van der Waals surface area contributed by atoms with Crippen LogP contribution in [0, 0.1) is 0 Å². The van der Waals surface area contributed by atoms with Crippen molar-refractivity contribution in [1.29, 1.82) is 0 Å². The van der Waals surface area contributed by atoms with Gasteiger partial charge in [-0.15, -0.1) is 0 Å². The fraction of sp³-hybridized carbons (Fsp3) is 0.364. The Kier molecular flexibility index (Phi) is 5.90. The summed E-state index contributed by atoms with van der Waals surface area (Å²) in [7, 11) is 0. The molecule has 1 saturated heterocycles. The molecule has 1 aliphatic carbocycles. The summed E-state index contributed by atoms with van der Waals surface area (Å²) in [6.07, 6.45) is 3.76. The number of urea groups is 1. The molecule has 152 valence electrons. The molecular weight excluding hydrogens is 390 g/mol. The fourth-order valence-electron chi connectivity index (χ4n) is 3.34. The van der Waals surface area contributed by atoms with Gasteiger partial charge in [0.25, 0.3) is 5.91 Å². The Morgan fingerprint density at radius 3 is 2.21 bits per heavy atom. The first-order valence-corrected chi connectivity index (χ1v) is 10.3. The zero-order valence-electron chi connectivity index (χ0n) is 16.1. The second-order valence-electron chi connectivity index (χ2n) is 7.51. The molecule has 0 radical (unpaired) electrons. The highest BCUT2D eigenvalue weighted by Crippen LogP contribution is 2.22. The molecule has 4 rings (SSSR count). The van der Waals surface area contributed by atoms with E-state index in [9.17, 15) is 9.59 Å². The van der Waals surface area contributed by atoms with Crippen molar-refractivity contribution in [2.45, 2.75) is 37.8 Å². The highest BCUT2D eigenvalue weighted by atomic mass is 35.5. The summed E-state index contributed by atoms with van der Waals surface area (Å²) in [4.78, 5) is 26.4. The van der Waals surface area contributed by atoms with Gasteiger partial charge in [-0.05, 0) is 61.4 Å². The Balaban J connectivity index is 1.26. The van der Waals surface area contributed by atoms with Crippen LogP contribution in [0.4, 0.5) is 10.5 Å². The van der Waals surface area contributed by atoms with E-state index in [0.29, 0.717) is 35.4 Å². The minimum Gasteiger partial charge on any atom is -0.490 e. The van der Waals surface area contributed by atoms with Crippen molar-refractivity contribution in [2.75, 3.05) is 18.4 Å². The molecule has 3 amide bonds. The molecule has 1 aliphatic heterocycles. The van der Waals surface area contributed by atoms with E-state index in [1.54, 1.807) is 24.3 Å². The minimum absolute atomic E-state index is 0.00363. The zero-order chi connectivity index (χ0) is 20.2. The summed E-state index contributed by atoms with van der Waals surface area (Å²) < 4.78 is 5.99. The second-order valence-corrected chi connectivity index (χ2v) is 7.95.